The Kier molecular flexibility index (Phi) is 4.56. The first-order chi connectivity index (χ1) is 14.2. The van der Waals surface area contributed by atoms with Crippen LogP contribution in [-0.2, 0) is 10.3 Å². The molecule has 1 spiro atoms. The lowest BCUT2D eigenvalue weighted by atomic mass is 9.76. The second-order valence-electron chi connectivity index (χ2n) is 6.99. The molecule has 0 bridgehead atoms. The van der Waals surface area contributed by atoms with Crippen molar-refractivity contribution < 1.29 is 24.5 Å². The summed E-state index contributed by atoms with van der Waals surface area (Å²) in [6.07, 6.45) is 0. The SMILES string of the molecule is Cc1cc(O)cc2c1C1(OC(=O)c3c(Br)c(Br)c(Br)c(Br)c31)c1ccc(O)cc1O2. The maximum absolute atomic E-state index is 13.2. The third-order valence-corrected chi connectivity index (χ3v) is 10.0. The predicted molar refractivity (Wildman–Crippen MR) is 124 cm³/mol. The van der Waals surface area contributed by atoms with Crippen LogP contribution in [0.15, 0.2) is 48.2 Å². The lowest BCUT2D eigenvalue weighted by molar-refractivity contribution is 0.0220. The number of hydrogen-bond donors (Lipinski definition) is 2. The predicted octanol–water partition coefficient (Wildman–Crippen LogP) is 7.02. The van der Waals surface area contributed by atoms with E-state index in [2.05, 4.69) is 63.7 Å². The first-order valence-corrected chi connectivity index (χ1v) is 11.8. The van der Waals surface area contributed by atoms with Crippen molar-refractivity contribution in [3.8, 4) is 23.0 Å². The molecule has 30 heavy (non-hydrogen) atoms. The molecule has 0 aromatic heterocycles. The molecular weight excluding hydrogens is 652 g/mol. The quantitative estimate of drug-likeness (QED) is 0.154. The van der Waals surface area contributed by atoms with Gasteiger partial charge in [0.05, 0.1) is 11.1 Å². The van der Waals surface area contributed by atoms with Crippen LogP contribution in [0.2, 0.25) is 0 Å². The summed E-state index contributed by atoms with van der Waals surface area (Å²) in [5.74, 6) is 0.187. The molecule has 0 amide bonds. The Morgan fingerprint density at radius 3 is 2.23 bits per heavy atom. The maximum Gasteiger partial charge on any atom is 0.341 e. The van der Waals surface area contributed by atoms with E-state index in [1.165, 1.54) is 18.2 Å². The van der Waals surface area contributed by atoms with Crippen LogP contribution < -0.4 is 4.74 Å². The van der Waals surface area contributed by atoms with Crippen LogP contribution in [0.3, 0.4) is 0 Å². The monoisotopic (exact) mass is 658 g/mol. The summed E-state index contributed by atoms with van der Waals surface area (Å²) in [6.45, 7) is 1.82. The summed E-state index contributed by atoms with van der Waals surface area (Å²) in [5, 5.41) is 20.2. The maximum atomic E-state index is 13.2. The van der Waals surface area contributed by atoms with Gasteiger partial charge in [0.15, 0.2) is 5.60 Å². The van der Waals surface area contributed by atoms with Gasteiger partial charge in [0.1, 0.15) is 23.0 Å². The highest BCUT2D eigenvalue weighted by atomic mass is 79.9. The smallest absolute Gasteiger partial charge is 0.341 e. The van der Waals surface area contributed by atoms with Gasteiger partial charge in [-0.1, -0.05) is 0 Å². The van der Waals surface area contributed by atoms with Crippen molar-refractivity contribution in [1.29, 1.82) is 0 Å². The van der Waals surface area contributed by atoms with E-state index in [4.69, 9.17) is 9.47 Å². The minimum absolute atomic E-state index is 0.00556. The van der Waals surface area contributed by atoms with Crippen LogP contribution in [-0.4, -0.2) is 16.2 Å². The second kappa shape index (κ2) is 6.72. The molecule has 0 fully saturated rings. The molecule has 3 aromatic rings. The minimum Gasteiger partial charge on any atom is -0.508 e. The summed E-state index contributed by atoms with van der Waals surface area (Å²) in [4.78, 5) is 13.2. The van der Waals surface area contributed by atoms with Crippen molar-refractivity contribution in [3.05, 3.63) is 76.0 Å². The van der Waals surface area contributed by atoms with E-state index in [1.54, 1.807) is 12.1 Å². The fraction of sp³-hybridized carbons (Fsp3) is 0.0952. The van der Waals surface area contributed by atoms with Crippen LogP contribution in [0.4, 0.5) is 0 Å². The molecular formula is C21H10Br4O5. The van der Waals surface area contributed by atoms with E-state index in [1.807, 2.05) is 6.92 Å². The minimum atomic E-state index is -1.34. The third-order valence-electron chi connectivity index (χ3n) is 5.27. The van der Waals surface area contributed by atoms with Crippen LogP contribution in [0, 0.1) is 6.92 Å². The zero-order valence-electron chi connectivity index (χ0n) is 15.0. The van der Waals surface area contributed by atoms with E-state index in [0.717, 1.165) is 0 Å². The Balaban J connectivity index is 2.01. The number of aromatic hydroxyl groups is 2. The Labute approximate surface area is 204 Å². The van der Waals surface area contributed by atoms with Gasteiger partial charge in [-0.15, -0.1) is 0 Å². The largest absolute Gasteiger partial charge is 0.508 e. The average molecular weight is 662 g/mol. The molecule has 2 heterocycles. The number of esters is 1. The summed E-state index contributed by atoms with van der Waals surface area (Å²) in [5.41, 5.74) is 1.48. The van der Waals surface area contributed by atoms with Gasteiger partial charge in [-0.25, -0.2) is 4.79 Å². The van der Waals surface area contributed by atoms with Gasteiger partial charge >= 0.3 is 5.97 Å². The summed E-state index contributed by atoms with van der Waals surface area (Å²) in [6, 6.07) is 7.73. The molecule has 152 valence electrons. The summed E-state index contributed by atoms with van der Waals surface area (Å²) in [7, 11) is 0. The highest BCUT2D eigenvalue weighted by Gasteiger charge is 2.56. The molecule has 0 radical (unpaired) electrons. The normalized spacial score (nSPS) is 18.5. The van der Waals surface area contributed by atoms with E-state index in [9.17, 15) is 15.0 Å². The standard InChI is InChI=1S/C21H10Br4O5/c1-7-4-9(27)6-12-14(7)21(10-3-2-8(26)5-11(10)29-12)15-13(20(28)30-21)16(22)18(24)19(25)17(15)23/h2-6,26-27H,1H3. The molecule has 0 saturated carbocycles. The van der Waals surface area contributed by atoms with Gasteiger partial charge in [-0.3, -0.25) is 0 Å². The zero-order chi connectivity index (χ0) is 21.5. The van der Waals surface area contributed by atoms with Crippen LogP contribution in [0.25, 0.3) is 0 Å². The molecule has 2 N–H and O–H groups in total. The molecule has 2 aliphatic heterocycles. The Morgan fingerprint density at radius 1 is 0.833 bits per heavy atom. The van der Waals surface area contributed by atoms with Crippen molar-refractivity contribution in [2.24, 2.45) is 0 Å². The number of rotatable bonds is 0. The summed E-state index contributed by atoms with van der Waals surface area (Å²) < 4.78 is 14.7. The number of phenols is 2. The van der Waals surface area contributed by atoms with Gasteiger partial charge in [-0.2, -0.15) is 0 Å². The van der Waals surface area contributed by atoms with E-state index < -0.39 is 11.6 Å². The molecule has 5 rings (SSSR count). The van der Waals surface area contributed by atoms with Crippen molar-refractivity contribution in [3.63, 3.8) is 0 Å². The second-order valence-corrected chi connectivity index (χ2v) is 10.2. The number of aryl methyl sites for hydroxylation is 1. The third kappa shape index (κ3) is 2.52. The van der Waals surface area contributed by atoms with Crippen LogP contribution in [0.1, 0.15) is 32.6 Å². The van der Waals surface area contributed by atoms with Crippen molar-refractivity contribution in [1.82, 2.24) is 0 Å². The summed E-state index contributed by atoms with van der Waals surface area (Å²) >= 11 is 14.2. The van der Waals surface area contributed by atoms with E-state index in [0.29, 0.717) is 57.2 Å². The molecule has 1 unspecified atom stereocenters. The molecule has 0 aliphatic carbocycles. The van der Waals surface area contributed by atoms with Crippen molar-refractivity contribution in [2.45, 2.75) is 12.5 Å². The molecule has 9 heteroatoms. The highest BCUT2D eigenvalue weighted by Crippen LogP contribution is 2.61. The van der Waals surface area contributed by atoms with Gasteiger partial charge < -0.3 is 19.7 Å². The number of halogens is 4. The molecule has 3 aromatic carbocycles. The fourth-order valence-corrected chi connectivity index (χ4v) is 6.73. The first-order valence-electron chi connectivity index (χ1n) is 8.62. The zero-order valence-corrected chi connectivity index (χ0v) is 21.4. The lowest BCUT2D eigenvalue weighted by Gasteiger charge is -2.38. The van der Waals surface area contributed by atoms with Gasteiger partial charge in [0.25, 0.3) is 0 Å². The molecule has 5 nitrogen and oxygen atoms in total. The number of ether oxygens (including phenoxy) is 2. The van der Waals surface area contributed by atoms with Crippen molar-refractivity contribution in [2.75, 3.05) is 0 Å². The fourth-order valence-electron chi connectivity index (χ4n) is 4.17. The number of fused-ring (bicyclic) bond motifs is 6. The first kappa shape index (κ1) is 20.4. The van der Waals surface area contributed by atoms with Crippen LogP contribution >= 0.6 is 63.7 Å². The number of carbonyl (C=O) groups excluding carboxylic acids is 1. The van der Waals surface area contributed by atoms with Gasteiger partial charge in [0.2, 0.25) is 0 Å². The van der Waals surface area contributed by atoms with E-state index >= 15 is 0 Å². The average Bonchev–Trinajstić information content (AvgIpc) is 2.96. The molecule has 2 aliphatic rings. The topological polar surface area (TPSA) is 76.0 Å². The Hall–Kier alpha value is -1.55. The molecule has 1 atom stereocenters. The lowest BCUT2D eigenvalue weighted by Crippen LogP contribution is -2.34. The number of benzene rings is 3. The van der Waals surface area contributed by atoms with Gasteiger partial charge in [0, 0.05) is 41.2 Å². The van der Waals surface area contributed by atoms with Gasteiger partial charge in [-0.05, 0) is 94.4 Å². The highest BCUT2D eigenvalue weighted by molar-refractivity contribution is 9.15. The Bertz CT molecular complexity index is 1300. The van der Waals surface area contributed by atoms with Crippen molar-refractivity contribution >= 4 is 69.7 Å². The van der Waals surface area contributed by atoms with E-state index in [-0.39, 0.29) is 11.5 Å². The molecule has 0 saturated heterocycles. The number of phenolic OH excluding ortho intramolecular Hbond substituents is 2. The number of hydrogen-bond acceptors (Lipinski definition) is 5. The van der Waals surface area contributed by atoms with Crippen LogP contribution in [0.5, 0.6) is 23.0 Å². The Morgan fingerprint density at radius 2 is 1.50 bits per heavy atom. The number of carbonyl (C=O) groups is 1.